The minimum atomic E-state index is -0.475. The third-order valence-electron chi connectivity index (χ3n) is 2.93. The van der Waals surface area contributed by atoms with E-state index < -0.39 is 5.97 Å². The Morgan fingerprint density at radius 3 is 2.64 bits per heavy atom. The molecule has 1 amide bonds. The standard InChI is InChI=1S/C15H22ClN3O3/c1-19(2)9-8-17-7-6-14(20)18-13-10-11(15(21)22-3)4-5-12(13)16/h4-5,10,17H,6-9H2,1-3H3,(H,18,20). The molecule has 0 saturated carbocycles. The number of carbonyl (C=O) groups is 2. The lowest BCUT2D eigenvalue weighted by Crippen LogP contribution is -2.29. The summed E-state index contributed by atoms with van der Waals surface area (Å²) in [4.78, 5) is 25.4. The molecule has 0 aliphatic carbocycles. The minimum absolute atomic E-state index is 0.165. The molecule has 122 valence electrons. The van der Waals surface area contributed by atoms with Crippen LogP contribution in [0, 0.1) is 0 Å². The largest absolute Gasteiger partial charge is 0.465 e. The molecular weight excluding hydrogens is 306 g/mol. The van der Waals surface area contributed by atoms with Crippen molar-refractivity contribution in [2.75, 3.05) is 46.2 Å². The highest BCUT2D eigenvalue weighted by Crippen LogP contribution is 2.23. The summed E-state index contributed by atoms with van der Waals surface area (Å²) in [6.45, 7) is 2.31. The van der Waals surface area contributed by atoms with Gasteiger partial charge in [0.25, 0.3) is 0 Å². The molecule has 1 aromatic rings. The van der Waals surface area contributed by atoms with Crippen molar-refractivity contribution in [1.82, 2.24) is 10.2 Å². The lowest BCUT2D eigenvalue weighted by atomic mass is 10.2. The van der Waals surface area contributed by atoms with Crippen LogP contribution >= 0.6 is 11.6 Å². The van der Waals surface area contributed by atoms with Crippen LogP contribution < -0.4 is 10.6 Å². The molecule has 0 atom stereocenters. The number of amides is 1. The molecule has 1 aromatic carbocycles. The van der Waals surface area contributed by atoms with Gasteiger partial charge in [0.05, 0.1) is 23.4 Å². The highest BCUT2D eigenvalue weighted by Gasteiger charge is 2.11. The van der Waals surface area contributed by atoms with Crippen molar-refractivity contribution in [3.05, 3.63) is 28.8 Å². The van der Waals surface area contributed by atoms with E-state index in [0.29, 0.717) is 29.2 Å². The summed E-state index contributed by atoms with van der Waals surface area (Å²) in [7, 11) is 5.28. The first-order chi connectivity index (χ1) is 10.4. The summed E-state index contributed by atoms with van der Waals surface area (Å²) < 4.78 is 4.64. The lowest BCUT2D eigenvalue weighted by molar-refractivity contribution is -0.116. The highest BCUT2D eigenvalue weighted by atomic mass is 35.5. The zero-order chi connectivity index (χ0) is 16.5. The normalized spacial score (nSPS) is 10.6. The molecule has 6 nitrogen and oxygen atoms in total. The van der Waals surface area contributed by atoms with Gasteiger partial charge in [0.1, 0.15) is 0 Å². The van der Waals surface area contributed by atoms with Crippen LogP contribution in [0.5, 0.6) is 0 Å². The van der Waals surface area contributed by atoms with E-state index >= 15 is 0 Å². The Morgan fingerprint density at radius 2 is 2.00 bits per heavy atom. The van der Waals surface area contributed by atoms with E-state index in [4.69, 9.17) is 11.6 Å². The van der Waals surface area contributed by atoms with Crippen LogP contribution in [0.4, 0.5) is 5.69 Å². The zero-order valence-corrected chi connectivity index (χ0v) is 13.9. The smallest absolute Gasteiger partial charge is 0.337 e. The Balaban J connectivity index is 2.48. The highest BCUT2D eigenvalue weighted by molar-refractivity contribution is 6.33. The molecule has 0 heterocycles. The van der Waals surface area contributed by atoms with Gasteiger partial charge in [-0.25, -0.2) is 4.79 Å². The number of ether oxygens (including phenoxy) is 1. The van der Waals surface area contributed by atoms with Gasteiger partial charge < -0.3 is 20.3 Å². The quantitative estimate of drug-likeness (QED) is 0.560. The molecule has 0 aliphatic heterocycles. The molecule has 0 aromatic heterocycles. The summed E-state index contributed by atoms with van der Waals surface area (Å²) in [5.74, 6) is -0.640. The van der Waals surface area contributed by atoms with Gasteiger partial charge >= 0.3 is 5.97 Å². The Bertz CT molecular complexity index is 521. The third kappa shape index (κ3) is 6.43. The predicted octanol–water partition coefficient (Wildman–Crippen LogP) is 1.61. The van der Waals surface area contributed by atoms with Crippen LogP contribution in [0.2, 0.25) is 5.02 Å². The molecule has 0 saturated heterocycles. The van der Waals surface area contributed by atoms with Crippen LogP contribution in [-0.4, -0.2) is 57.6 Å². The molecular formula is C15H22ClN3O3. The Hall–Kier alpha value is -1.63. The average molecular weight is 328 g/mol. The first-order valence-electron chi connectivity index (χ1n) is 6.97. The molecule has 22 heavy (non-hydrogen) atoms. The van der Waals surface area contributed by atoms with Crippen LogP contribution in [0.3, 0.4) is 0 Å². The van der Waals surface area contributed by atoms with E-state index in [-0.39, 0.29) is 5.91 Å². The fourth-order valence-corrected chi connectivity index (χ4v) is 1.87. The maximum atomic E-state index is 11.9. The van der Waals surface area contributed by atoms with Gasteiger partial charge in [0.2, 0.25) is 5.91 Å². The molecule has 0 unspecified atom stereocenters. The van der Waals surface area contributed by atoms with Gasteiger partial charge in [0.15, 0.2) is 0 Å². The van der Waals surface area contributed by atoms with Gasteiger partial charge in [-0.05, 0) is 32.3 Å². The van der Waals surface area contributed by atoms with E-state index in [2.05, 4.69) is 20.3 Å². The Morgan fingerprint density at radius 1 is 1.27 bits per heavy atom. The lowest BCUT2D eigenvalue weighted by Gasteiger charge is -2.11. The van der Waals surface area contributed by atoms with E-state index in [1.807, 2.05) is 14.1 Å². The summed E-state index contributed by atoms with van der Waals surface area (Å²) in [5, 5.41) is 6.25. The molecule has 0 fully saturated rings. The number of nitrogens with zero attached hydrogens (tertiary/aromatic N) is 1. The second-order valence-electron chi connectivity index (χ2n) is 5.04. The van der Waals surface area contributed by atoms with Crippen LogP contribution in [-0.2, 0) is 9.53 Å². The number of likely N-dealkylation sites (N-methyl/N-ethyl adjacent to an activating group) is 1. The fourth-order valence-electron chi connectivity index (χ4n) is 1.71. The summed E-state index contributed by atoms with van der Waals surface area (Å²) in [6, 6.07) is 4.61. The topological polar surface area (TPSA) is 70.7 Å². The number of nitrogens with one attached hydrogen (secondary N) is 2. The Kier molecular flexibility index (Phi) is 7.87. The number of hydrogen-bond donors (Lipinski definition) is 2. The van der Waals surface area contributed by atoms with Crippen molar-refractivity contribution in [3.8, 4) is 0 Å². The zero-order valence-electron chi connectivity index (χ0n) is 13.1. The maximum Gasteiger partial charge on any atom is 0.337 e. The van der Waals surface area contributed by atoms with Crippen molar-refractivity contribution in [2.24, 2.45) is 0 Å². The van der Waals surface area contributed by atoms with Crippen molar-refractivity contribution in [1.29, 1.82) is 0 Å². The van der Waals surface area contributed by atoms with E-state index in [0.717, 1.165) is 13.1 Å². The number of benzene rings is 1. The van der Waals surface area contributed by atoms with Gasteiger partial charge in [-0.3, -0.25) is 4.79 Å². The molecule has 1 rings (SSSR count). The van der Waals surface area contributed by atoms with Crippen molar-refractivity contribution < 1.29 is 14.3 Å². The first-order valence-corrected chi connectivity index (χ1v) is 7.35. The van der Waals surface area contributed by atoms with Crippen LogP contribution in [0.15, 0.2) is 18.2 Å². The third-order valence-corrected chi connectivity index (χ3v) is 3.26. The van der Waals surface area contributed by atoms with Crippen molar-refractivity contribution in [2.45, 2.75) is 6.42 Å². The number of methoxy groups -OCH3 is 1. The number of rotatable bonds is 8. The Labute approximate surface area is 135 Å². The van der Waals surface area contributed by atoms with Crippen molar-refractivity contribution in [3.63, 3.8) is 0 Å². The molecule has 2 N–H and O–H groups in total. The number of carbonyl (C=O) groups excluding carboxylic acids is 2. The molecule has 0 bridgehead atoms. The van der Waals surface area contributed by atoms with Gasteiger partial charge in [-0.15, -0.1) is 0 Å². The fraction of sp³-hybridized carbons (Fsp3) is 0.467. The van der Waals surface area contributed by atoms with E-state index in [1.54, 1.807) is 12.1 Å². The van der Waals surface area contributed by atoms with E-state index in [1.165, 1.54) is 13.2 Å². The van der Waals surface area contributed by atoms with Gasteiger partial charge in [-0.1, -0.05) is 11.6 Å². The number of esters is 1. The van der Waals surface area contributed by atoms with E-state index in [9.17, 15) is 9.59 Å². The van der Waals surface area contributed by atoms with Crippen LogP contribution in [0.25, 0.3) is 0 Å². The minimum Gasteiger partial charge on any atom is -0.465 e. The van der Waals surface area contributed by atoms with Gasteiger partial charge in [-0.2, -0.15) is 0 Å². The summed E-state index contributed by atoms with van der Waals surface area (Å²) >= 11 is 6.02. The maximum absolute atomic E-state index is 11.9. The van der Waals surface area contributed by atoms with Crippen molar-refractivity contribution >= 4 is 29.2 Å². The first kappa shape index (κ1) is 18.4. The average Bonchev–Trinajstić information content (AvgIpc) is 2.48. The molecule has 0 spiro atoms. The molecule has 7 heteroatoms. The number of hydrogen-bond acceptors (Lipinski definition) is 5. The number of anilines is 1. The molecule has 0 aliphatic rings. The monoisotopic (exact) mass is 327 g/mol. The second-order valence-corrected chi connectivity index (χ2v) is 5.44. The molecule has 0 radical (unpaired) electrons. The summed E-state index contributed by atoms with van der Waals surface area (Å²) in [5.41, 5.74) is 0.745. The predicted molar refractivity (Wildman–Crippen MR) is 87.5 cm³/mol. The van der Waals surface area contributed by atoms with Gasteiger partial charge in [0, 0.05) is 26.1 Å². The summed E-state index contributed by atoms with van der Waals surface area (Å²) in [6.07, 6.45) is 0.326. The number of halogens is 1. The van der Waals surface area contributed by atoms with Crippen LogP contribution in [0.1, 0.15) is 16.8 Å². The SMILES string of the molecule is COC(=O)c1ccc(Cl)c(NC(=O)CCNCCN(C)C)c1. The second kappa shape index (κ2) is 9.40.